The highest BCUT2D eigenvalue weighted by molar-refractivity contribution is 5.91. The summed E-state index contributed by atoms with van der Waals surface area (Å²) in [5.41, 5.74) is 1.03. The van der Waals surface area contributed by atoms with E-state index in [4.69, 9.17) is 18.6 Å². The lowest BCUT2D eigenvalue weighted by atomic mass is 10.0. The number of morpholine rings is 1. The number of carbonyl (C=O) groups is 2. The molecule has 0 saturated carbocycles. The lowest BCUT2D eigenvalue weighted by Gasteiger charge is -2.35. The molecule has 0 bridgehead atoms. The molecule has 174 valence electrons. The van der Waals surface area contributed by atoms with E-state index < -0.39 is 0 Å². The van der Waals surface area contributed by atoms with Crippen LogP contribution in [0.15, 0.2) is 41.0 Å². The monoisotopic (exact) mass is 445 g/mol. The van der Waals surface area contributed by atoms with Gasteiger partial charge in [0, 0.05) is 32.6 Å². The van der Waals surface area contributed by atoms with Gasteiger partial charge >= 0.3 is 0 Å². The summed E-state index contributed by atoms with van der Waals surface area (Å²) in [6, 6.07) is 9.04. The van der Waals surface area contributed by atoms with Crippen molar-refractivity contribution in [1.82, 2.24) is 15.5 Å². The molecule has 32 heavy (non-hydrogen) atoms. The summed E-state index contributed by atoms with van der Waals surface area (Å²) < 4.78 is 21.7. The molecular formula is C23H31N3O6. The summed E-state index contributed by atoms with van der Waals surface area (Å²) >= 11 is 0. The molecule has 0 radical (unpaired) electrons. The minimum Gasteiger partial charge on any atom is -0.493 e. The second-order valence-electron chi connectivity index (χ2n) is 7.29. The van der Waals surface area contributed by atoms with Crippen LogP contribution in [0.4, 0.5) is 0 Å². The van der Waals surface area contributed by atoms with Gasteiger partial charge in [-0.15, -0.1) is 0 Å². The Morgan fingerprint density at radius 2 is 1.97 bits per heavy atom. The lowest BCUT2D eigenvalue weighted by molar-refractivity contribution is -0.121. The summed E-state index contributed by atoms with van der Waals surface area (Å²) in [4.78, 5) is 26.6. The standard InChI is InChI=1S/C23H31N3O6/c1-3-31-19-7-6-17(15-21(19)29-2)18(26-10-13-30-14-11-26)16-25-22(27)8-9-24-23(28)20-5-4-12-32-20/h4-7,12,15,18H,3,8-11,13-14,16H2,1-2H3,(H,24,28)(H,25,27). The smallest absolute Gasteiger partial charge is 0.286 e. The highest BCUT2D eigenvalue weighted by atomic mass is 16.5. The van der Waals surface area contributed by atoms with E-state index in [0.29, 0.717) is 37.9 Å². The van der Waals surface area contributed by atoms with Gasteiger partial charge in [0.1, 0.15) is 0 Å². The molecule has 1 unspecified atom stereocenters. The number of amides is 2. The summed E-state index contributed by atoms with van der Waals surface area (Å²) in [6.07, 6.45) is 1.61. The summed E-state index contributed by atoms with van der Waals surface area (Å²) in [6.45, 7) is 5.98. The van der Waals surface area contributed by atoms with Crippen LogP contribution in [0, 0.1) is 0 Å². The Morgan fingerprint density at radius 3 is 2.66 bits per heavy atom. The third-order valence-corrected chi connectivity index (χ3v) is 5.23. The van der Waals surface area contributed by atoms with Crippen molar-refractivity contribution in [3.05, 3.63) is 47.9 Å². The molecule has 2 N–H and O–H groups in total. The zero-order valence-corrected chi connectivity index (χ0v) is 18.6. The van der Waals surface area contributed by atoms with Crippen molar-refractivity contribution in [2.75, 3.05) is 53.1 Å². The van der Waals surface area contributed by atoms with Crippen LogP contribution in [0.1, 0.15) is 35.5 Å². The van der Waals surface area contributed by atoms with Gasteiger partial charge < -0.3 is 29.3 Å². The van der Waals surface area contributed by atoms with Gasteiger partial charge in [-0.1, -0.05) is 6.07 Å². The van der Waals surface area contributed by atoms with Crippen molar-refractivity contribution < 1.29 is 28.2 Å². The van der Waals surface area contributed by atoms with Gasteiger partial charge in [-0.3, -0.25) is 14.5 Å². The molecule has 1 aromatic carbocycles. The fraction of sp³-hybridized carbons (Fsp3) is 0.478. The number of ether oxygens (including phenoxy) is 3. The highest BCUT2D eigenvalue weighted by Gasteiger charge is 2.24. The van der Waals surface area contributed by atoms with E-state index in [-0.39, 0.29) is 36.6 Å². The minimum atomic E-state index is -0.338. The van der Waals surface area contributed by atoms with E-state index in [1.54, 1.807) is 19.2 Å². The van der Waals surface area contributed by atoms with Gasteiger partial charge in [0.2, 0.25) is 5.91 Å². The van der Waals surface area contributed by atoms with Crippen LogP contribution in [0.2, 0.25) is 0 Å². The molecule has 1 atom stereocenters. The SMILES string of the molecule is CCOc1ccc(C(CNC(=O)CCNC(=O)c2ccco2)N2CCOCC2)cc1OC. The van der Waals surface area contributed by atoms with E-state index in [0.717, 1.165) is 18.7 Å². The van der Waals surface area contributed by atoms with Gasteiger partial charge in [0.25, 0.3) is 5.91 Å². The van der Waals surface area contributed by atoms with Crippen LogP contribution < -0.4 is 20.1 Å². The molecule has 2 heterocycles. The average Bonchev–Trinajstić information content (AvgIpc) is 3.36. The van der Waals surface area contributed by atoms with E-state index >= 15 is 0 Å². The van der Waals surface area contributed by atoms with Gasteiger partial charge in [-0.25, -0.2) is 0 Å². The number of hydrogen-bond acceptors (Lipinski definition) is 7. The van der Waals surface area contributed by atoms with Crippen LogP contribution >= 0.6 is 0 Å². The first-order chi connectivity index (χ1) is 15.6. The van der Waals surface area contributed by atoms with E-state index in [9.17, 15) is 9.59 Å². The second-order valence-corrected chi connectivity index (χ2v) is 7.29. The van der Waals surface area contributed by atoms with Crippen LogP contribution in [0.3, 0.4) is 0 Å². The van der Waals surface area contributed by atoms with Crippen LogP contribution in [0.5, 0.6) is 11.5 Å². The topological polar surface area (TPSA) is 102 Å². The zero-order valence-electron chi connectivity index (χ0n) is 18.6. The van der Waals surface area contributed by atoms with Crippen LogP contribution in [-0.4, -0.2) is 69.8 Å². The third kappa shape index (κ3) is 6.48. The number of carbonyl (C=O) groups excluding carboxylic acids is 2. The minimum absolute atomic E-state index is 0.0369. The number of methoxy groups -OCH3 is 1. The molecule has 1 aliphatic rings. The van der Waals surface area contributed by atoms with Gasteiger partial charge in [-0.2, -0.15) is 0 Å². The van der Waals surface area contributed by atoms with Crippen LogP contribution in [0.25, 0.3) is 0 Å². The first-order valence-corrected chi connectivity index (χ1v) is 10.8. The Kier molecular flexibility index (Phi) is 8.94. The maximum absolute atomic E-state index is 12.4. The quantitative estimate of drug-likeness (QED) is 0.545. The predicted octanol–water partition coefficient (Wildman–Crippen LogP) is 2.00. The molecule has 1 saturated heterocycles. The van der Waals surface area contributed by atoms with E-state index in [2.05, 4.69) is 15.5 Å². The molecule has 3 rings (SSSR count). The molecule has 1 aliphatic heterocycles. The predicted molar refractivity (Wildman–Crippen MR) is 118 cm³/mol. The zero-order chi connectivity index (χ0) is 22.8. The number of hydrogen-bond donors (Lipinski definition) is 2. The number of nitrogens with one attached hydrogen (secondary N) is 2. The molecule has 1 aromatic heterocycles. The van der Waals surface area contributed by atoms with Gasteiger partial charge in [-0.05, 0) is 36.8 Å². The van der Waals surface area contributed by atoms with Crippen LogP contribution in [-0.2, 0) is 9.53 Å². The first kappa shape index (κ1) is 23.6. The number of rotatable bonds is 11. The molecule has 2 amide bonds. The number of furan rings is 1. The fourth-order valence-electron chi connectivity index (χ4n) is 3.60. The van der Waals surface area contributed by atoms with Crippen molar-refractivity contribution in [3.63, 3.8) is 0 Å². The summed E-state index contributed by atoms with van der Waals surface area (Å²) in [7, 11) is 1.62. The van der Waals surface area contributed by atoms with Crippen molar-refractivity contribution in [3.8, 4) is 11.5 Å². The molecule has 9 heteroatoms. The van der Waals surface area contributed by atoms with Crippen molar-refractivity contribution in [1.29, 1.82) is 0 Å². The van der Waals surface area contributed by atoms with Gasteiger partial charge in [0.05, 0.1) is 39.2 Å². The Hall–Kier alpha value is -3.04. The molecule has 0 spiro atoms. The third-order valence-electron chi connectivity index (χ3n) is 5.23. The van der Waals surface area contributed by atoms with E-state index in [1.807, 2.05) is 25.1 Å². The van der Waals surface area contributed by atoms with Gasteiger partial charge in [0.15, 0.2) is 17.3 Å². The Labute approximate surface area is 188 Å². The fourth-order valence-corrected chi connectivity index (χ4v) is 3.60. The molecule has 2 aromatic rings. The Morgan fingerprint density at radius 1 is 1.16 bits per heavy atom. The Bertz CT molecular complexity index is 865. The average molecular weight is 446 g/mol. The van der Waals surface area contributed by atoms with Crippen molar-refractivity contribution in [2.24, 2.45) is 0 Å². The molecule has 1 fully saturated rings. The largest absolute Gasteiger partial charge is 0.493 e. The second kappa shape index (κ2) is 12.1. The number of benzene rings is 1. The summed E-state index contributed by atoms with van der Waals surface area (Å²) in [5.74, 6) is 1.10. The Balaban J connectivity index is 1.59. The first-order valence-electron chi connectivity index (χ1n) is 10.8. The molecule has 9 nitrogen and oxygen atoms in total. The summed E-state index contributed by atoms with van der Waals surface area (Å²) in [5, 5.41) is 5.68. The molecular weight excluding hydrogens is 414 g/mol. The maximum Gasteiger partial charge on any atom is 0.286 e. The lowest BCUT2D eigenvalue weighted by Crippen LogP contribution is -2.44. The van der Waals surface area contributed by atoms with Crippen molar-refractivity contribution in [2.45, 2.75) is 19.4 Å². The molecule has 0 aliphatic carbocycles. The van der Waals surface area contributed by atoms with Crippen molar-refractivity contribution >= 4 is 11.8 Å². The number of nitrogens with zero attached hydrogens (tertiary/aromatic N) is 1. The maximum atomic E-state index is 12.4. The normalized spacial score (nSPS) is 15.1. The highest BCUT2D eigenvalue weighted by Crippen LogP contribution is 2.32. The van der Waals surface area contributed by atoms with E-state index in [1.165, 1.54) is 6.26 Å².